The first-order valence-corrected chi connectivity index (χ1v) is 9.03. The first-order chi connectivity index (χ1) is 14.0. The topological polar surface area (TPSA) is 97.9 Å². The molecule has 1 unspecified atom stereocenters. The smallest absolute Gasteiger partial charge is 0.236 e. The largest absolute Gasteiger partial charge is 0.497 e. The van der Waals surface area contributed by atoms with Gasteiger partial charge in [-0.3, -0.25) is 4.79 Å². The van der Waals surface area contributed by atoms with Crippen molar-refractivity contribution in [2.45, 2.75) is 12.5 Å². The number of aromatic nitrogens is 2. The Morgan fingerprint density at radius 3 is 2.24 bits per heavy atom. The van der Waals surface area contributed by atoms with Gasteiger partial charge in [0.25, 0.3) is 0 Å². The van der Waals surface area contributed by atoms with Crippen LogP contribution in [0.2, 0.25) is 0 Å². The Bertz CT molecular complexity index is 938. The summed E-state index contributed by atoms with van der Waals surface area (Å²) < 4.78 is 15.4. The van der Waals surface area contributed by atoms with Crippen molar-refractivity contribution in [1.29, 1.82) is 0 Å². The zero-order chi connectivity index (χ0) is 20.8. The van der Waals surface area contributed by atoms with E-state index in [0.29, 0.717) is 17.1 Å². The number of aliphatic hydroxyl groups is 1. The van der Waals surface area contributed by atoms with Crippen molar-refractivity contribution < 1.29 is 23.9 Å². The monoisotopic (exact) mass is 397 g/mol. The van der Waals surface area contributed by atoms with Gasteiger partial charge in [-0.15, -0.1) is 0 Å². The zero-order valence-corrected chi connectivity index (χ0v) is 16.5. The molecule has 0 spiro atoms. The molecule has 1 aromatic heterocycles. The van der Waals surface area contributed by atoms with Crippen molar-refractivity contribution in [1.82, 2.24) is 15.0 Å². The summed E-state index contributed by atoms with van der Waals surface area (Å²) in [5, 5.41) is 14.3. The van der Waals surface area contributed by atoms with Crippen LogP contribution in [0, 0.1) is 0 Å². The number of hydrogen-bond acceptors (Lipinski definition) is 7. The molecule has 8 heteroatoms. The number of benzene rings is 2. The standard InChI is InChI=1S/C21H23N3O5/c1-24(13-18(25)14-4-8-16(27-2)9-5-14)20(26)12-19-22-21(23-29-19)15-6-10-17(28-3)11-7-15/h4-11,18,25H,12-13H2,1-3H3. The molecule has 0 fully saturated rings. The molecular weight excluding hydrogens is 374 g/mol. The molecule has 2 aromatic carbocycles. The van der Waals surface area contributed by atoms with Crippen LogP contribution in [0.15, 0.2) is 53.1 Å². The molecule has 0 aliphatic rings. The van der Waals surface area contributed by atoms with E-state index < -0.39 is 6.10 Å². The molecular formula is C21H23N3O5. The number of rotatable bonds is 8. The van der Waals surface area contributed by atoms with Gasteiger partial charge in [0, 0.05) is 12.6 Å². The highest BCUT2D eigenvalue weighted by Gasteiger charge is 2.19. The predicted octanol–water partition coefficient (Wildman–Crippen LogP) is 2.49. The highest BCUT2D eigenvalue weighted by molar-refractivity contribution is 5.77. The summed E-state index contributed by atoms with van der Waals surface area (Å²) in [6.07, 6.45) is -0.859. The number of carbonyl (C=O) groups is 1. The lowest BCUT2D eigenvalue weighted by Gasteiger charge is -2.20. The molecule has 29 heavy (non-hydrogen) atoms. The van der Waals surface area contributed by atoms with E-state index in [1.54, 1.807) is 57.7 Å². The van der Waals surface area contributed by atoms with E-state index in [2.05, 4.69) is 10.1 Å². The summed E-state index contributed by atoms with van der Waals surface area (Å²) in [6, 6.07) is 14.3. The van der Waals surface area contributed by atoms with Crippen molar-refractivity contribution in [2.24, 2.45) is 0 Å². The van der Waals surface area contributed by atoms with Gasteiger partial charge in [-0.1, -0.05) is 17.3 Å². The fraction of sp³-hybridized carbons (Fsp3) is 0.286. The Morgan fingerprint density at radius 1 is 1.07 bits per heavy atom. The molecule has 0 bridgehead atoms. The van der Waals surface area contributed by atoms with Crippen molar-refractivity contribution in [3.8, 4) is 22.9 Å². The Balaban J connectivity index is 1.58. The van der Waals surface area contributed by atoms with E-state index in [4.69, 9.17) is 14.0 Å². The van der Waals surface area contributed by atoms with Crippen LogP contribution in [0.1, 0.15) is 17.6 Å². The van der Waals surface area contributed by atoms with Crippen LogP contribution in [0.4, 0.5) is 0 Å². The van der Waals surface area contributed by atoms with Crippen LogP contribution in [0.5, 0.6) is 11.5 Å². The van der Waals surface area contributed by atoms with Gasteiger partial charge in [0.2, 0.25) is 17.6 Å². The molecule has 0 saturated carbocycles. The minimum atomic E-state index is -0.813. The lowest BCUT2D eigenvalue weighted by atomic mass is 10.1. The van der Waals surface area contributed by atoms with E-state index in [0.717, 1.165) is 11.3 Å². The maximum Gasteiger partial charge on any atom is 0.236 e. The van der Waals surface area contributed by atoms with Crippen LogP contribution < -0.4 is 9.47 Å². The second-order valence-corrected chi connectivity index (χ2v) is 6.48. The Morgan fingerprint density at radius 2 is 1.66 bits per heavy atom. The van der Waals surface area contributed by atoms with E-state index >= 15 is 0 Å². The summed E-state index contributed by atoms with van der Waals surface area (Å²) in [4.78, 5) is 18.2. The highest BCUT2D eigenvalue weighted by Crippen LogP contribution is 2.21. The summed E-state index contributed by atoms with van der Waals surface area (Å²) in [5.74, 6) is 1.81. The lowest BCUT2D eigenvalue weighted by molar-refractivity contribution is -0.130. The van der Waals surface area contributed by atoms with Gasteiger partial charge in [-0.2, -0.15) is 4.98 Å². The van der Waals surface area contributed by atoms with Gasteiger partial charge in [-0.25, -0.2) is 0 Å². The zero-order valence-electron chi connectivity index (χ0n) is 16.5. The number of nitrogens with zero attached hydrogens (tertiary/aromatic N) is 3. The Labute approximate surface area is 168 Å². The minimum Gasteiger partial charge on any atom is -0.497 e. The number of ether oxygens (including phenoxy) is 2. The predicted molar refractivity (Wildman–Crippen MR) is 106 cm³/mol. The number of hydrogen-bond donors (Lipinski definition) is 1. The molecule has 152 valence electrons. The molecule has 3 aromatic rings. The SMILES string of the molecule is COc1ccc(-c2noc(CC(=O)N(C)CC(O)c3ccc(OC)cc3)n2)cc1. The van der Waals surface area contributed by atoms with Crippen LogP contribution in [-0.2, 0) is 11.2 Å². The summed E-state index contributed by atoms with van der Waals surface area (Å²) in [5.41, 5.74) is 1.46. The van der Waals surface area contributed by atoms with Gasteiger partial charge in [0.15, 0.2) is 0 Å². The van der Waals surface area contributed by atoms with Crippen molar-refractivity contribution in [3.05, 3.63) is 60.0 Å². The fourth-order valence-electron chi connectivity index (χ4n) is 2.74. The first kappa shape index (κ1) is 20.3. The van der Waals surface area contributed by atoms with Crippen LogP contribution in [-0.4, -0.2) is 53.9 Å². The Kier molecular flexibility index (Phi) is 6.46. The fourth-order valence-corrected chi connectivity index (χ4v) is 2.74. The number of methoxy groups -OCH3 is 2. The van der Waals surface area contributed by atoms with Crippen LogP contribution in [0.25, 0.3) is 11.4 Å². The second kappa shape index (κ2) is 9.20. The van der Waals surface area contributed by atoms with E-state index in [9.17, 15) is 9.90 Å². The maximum absolute atomic E-state index is 12.5. The number of aliphatic hydroxyl groups excluding tert-OH is 1. The molecule has 3 rings (SSSR count). The number of amides is 1. The maximum atomic E-state index is 12.5. The van der Waals surface area contributed by atoms with E-state index in [1.165, 1.54) is 4.90 Å². The van der Waals surface area contributed by atoms with E-state index in [-0.39, 0.29) is 24.8 Å². The minimum absolute atomic E-state index is 0.0466. The van der Waals surface area contributed by atoms with Crippen molar-refractivity contribution in [2.75, 3.05) is 27.8 Å². The third kappa shape index (κ3) is 5.11. The Hall–Kier alpha value is -3.39. The molecule has 1 N–H and O–H groups in total. The molecule has 0 aliphatic heterocycles. The molecule has 0 saturated heterocycles. The number of likely N-dealkylation sites (N-methyl/N-ethyl adjacent to an activating group) is 1. The van der Waals surface area contributed by atoms with Crippen molar-refractivity contribution in [3.63, 3.8) is 0 Å². The second-order valence-electron chi connectivity index (χ2n) is 6.48. The molecule has 1 heterocycles. The van der Waals surface area contributed by atoms with Gasteiger partial charge in [0.1, 0.15) is 17.9 Å². The van der Waals surface area contributed by atoms with Crippen LogP contribution in [0.3, 0.4) is 0 Å². The highest BCUT2D eigenvalue weighted by atomic mass is 16.5. The molecule has 1 amide bonds. The van der Waals surface area contributed by atoms with Crippen LogP contribution >= 0.6 is 0 Å². The number of carbonyl (C=O) groups excluding carboxylic acids is 1. The molecule has 0 aliphatic carbocycles. The lowest BCUT2D eigenvalue weighted by Crippen LogP contribution is -2.32. The summed E-state index contributed by atoms with van der Waals surface area (Å²) in [7, 11) is 4.79. The van der Waals surface area contributed by atoms with Gasteiger partial charge >= 0.3 is 0 Å². The van der Waals surface area contributed by atoms with Gasteiger partial charge in [0.05, 0.1) is 26.9 Å². The summed E-state index contributed by atoms with van der Waals surface area (Å²) in [6.45, 7) is 0.143. The van der Waals surface area contributed by atoms with Crippen molar-refractivity contribution >= 4 is 5.91 Å². The quantitative estimate of drug-likeness (QED) is 0.623. The normalized spacial score (nSPS) is 11.7. The third-order valence-corrected chi connectivity index (χ3v) is 4.49. The average molecular weight is 397 g/mol. The first-order valence-electron chi connectivity index (χ1n) is 9.03. The third-order valence-electron chi connectivity index (χ3n) is 4.49. The van der Waals surface area contributed by atoms with Gasteiger partial charge in [-0.05, 0) is 42.0 Å². The molecule has 8 nitrogen and oxygen atoms in total. The van der Waals surface area contributed by atoms with E-state index in [1.807, 2.05) is 12.1 Å². The van der Waals surface area contributed by atoms with Gasteiger partial charge < -0.3 is 24.0 Å². The summed E-state index contributed by atoms with van der Waals surface area (Å²) >= 11 is 0. The molecule has 1 atom stereocenters. The average Bonchev–Trinajstić information content (AvgIpc) is 3.22. The molecule has 0 radical (unpaired) electrons.